The van der Waals surface area contributed by atoms with E-state index in [0.29, 0.717) is 17.5 Å². The number of alkyl halides is 1. The number of rotatable bonds is 4. The lowest BCUT2D eigenvalue weighted by Crippen LogP contribution is -2.24. The van der Waals surface area contributed by atoms with Crippen LogP contribution in [-0.4, -0.2) is 22.9 Å². The van der Waals surface area contributed by atoms with E-state index >= 15 is 0 Å². The van der Waals surface area contributed by atoms with Gasteiger partial charge in [-0.2, -0.15) is 0 Å². The molecule has 0 aliphatic carbocycles. The molecule has 1 amide bonds. The first-order valence-electron chi connectivity index (χ1n) is 5.79. The summed E-state index contributed by atoms with van der Waals surface area (Å²) in [5.74, 6) is -0.191. The van der Waals surface area contributed by atoms with Crippen molar-refractivity contribution in [1.29, 1.82) is 0 Å². The summed E-state index contributed by atoms with van der Waals surface area (Å²) in [6.07, 6.45) is 0.861. The van der Waals surface area contributed by atoms with E-state index in [1.165, 1.54) is 0 Å². The molecule has 0 atom stereocenters. The molecule has 0 bridgehead atoms. The molecule has 2 aromatic rings. The SMILES string of the molecule is O=C(NCCCBr)c1ccc2ccccc2c1O. The van der Waals surface area contributed by atoms with E-state index in [0.717, 1.165) is 17.1 Å². The minimum Gasteiger partial charge on any atom is -0.506 e. The topological polar surface area (TPSA) is 49.3 Å². The summed E-state index contributed by atoms with van der Waals surface area (Å²) in [7, 11) is 0. The van der Waals surface area contributed by atoms with Gasteiger partial charge in [-0.15, -0.1) is 0 Å². The molecule has 0 fully saturated rings. The third-order valence-electron chi connectivity index (χ3n) is 2.74. The fourth-order valence-electron chi connectivity index (χ4n) is 1.80. The zero-order valence-corrected chi connectivity index (χ0v) is 11.4. The molecule has 3 nitrogen and oxygen atoms in total. The maximum absolute atomic E-state index is 11.9. The van der Waals surface area contributed by atoms with Crippen molar-refractivity contribution in [2.45, 2.75) is 6.42 Å². The molecule has 18 heavy (non-hydrogen) atoms. The summed E-state index contributed by atoms with van der Waals surface area (Å²) in [6.45, 7) is 0.594. The van der Waals surface area contributed by atoms with Crippen molar-refractivity contribution in [1.82, 2.24) is 5.32 Å². The van der Waals surface area contributed by atoms with Crippen LogP contribution in [0.15, 0.2) is 36.4 Å². The van der Waals surface area contributed by atoms with E-state index in [4.69, 9.17) is 0 Å². The highest BCUT2D eigenvalue weighted by atomic mass is 79.9. The molecule has 2 aromatic carbocycles. The molecule has 0 unspecified atom stereocenters. The van der Waals surface area contributed by atoms with Crippen LogP contribution >= 0.6 is 15.9 Å². The van der Waals surface area contributed by atoms with Gasteiger partial charge in [0.15, 0.2) is 0 Å². The van der Waals surface area contributed by atoms with Gasteiger partial charge in [-0.1, -0.05) is 46.3 Å². The lowest BCUT2D eigenvalue weighted by atomic mass is 10.0. The lowest BCUT2D eigenvalue weighted by molar-refractivity contribution is 0.0951. The highest BCUT2D eigenvalue weighted by Gasteiger charge is 2.12. The van der Waals surface area contributed by atoms with Crippen LogP contribution in [0.2, 0.25) is 0 Å². The van der Waals surface area contributed by atoms with Crippen LogP contribution in [0.1, 0.15) is 16.8 Å². The molecular formula is C14H14BrNO2. The molecule has 0 aliphatic heterocycles. The molecule has 2 N–H and O–H groups in total. The Labute approximate surface area is 114 Å². The first kappa shape index (κ1) is 12.9. The predicted molar refractivity (Wildman–Crippen MR) is 76.4 cm³/mol. The zero-order valence-electron chi connectivity index (χ0n) is 9.82. The van der Waals surface area contributed by atoms with Gasteiger partial charge in [-0.3, -0.25) is 4.79 Å². The monoisotopic (exact) mass is 307 g/mol. The third-order valence-corrected chi connectivity index (χ3v) is 3.30. The molecule has 0 saturated carbocycles. The minimum atomic E-state index is -0.237. The van der Waals surface area contributed by atoms with E-state index in [-0.39, 0.29) is 11.7 Å². The lowest BCUT2D eigenvalue weighted by Gasteiger charge is -2.08. The molecule has 0 saturated heterocycles. The van der Waals surface area contributed by atoms with Crippen LogP contribution in [0.4, 0.5) is 0 Å². The van der Waals surface area contributed by atoms with Gasteiger partial charge in [0.1, 0.15) is 5.75 Å². The van der Waals surface area contributed by atoms with Gasteiger partial charge >= 0.3 is 0 Å². The summed E-state index contributed by atoms with van der Waals surface area (Å²) in [4.78, 5) is 11.9. The maximum Gasteiger partial charge on any atom is 0.255 e. The fourth-order valence-corrected chi connectivity index (χ4v) is 2.08. The molecular weight excluding hydrogens is 294 g/mol. The van der Waals surface area contributed by atoms with Gasteiger partial charge in [0.05, 0.1) is 5.56 Å². The summed E-state index contributed by atoms with van der Waals surface area (Å²) in [6, 6.07) is 10.9. The van der Waals surface area contributed by atoms with Crippen LogP contribution in [0.25, 0.3) is 10.8 Å². The van der Waals surface area contributed by atoms with E-state index in [1.807, 2.05) is 24.3 Å². The molecule has 0 aliphatic rings. The maximum atomic E-state index is 11.9. The number of fused-ring (bicyclic) bond motifs is 1. The average Bonchev–Trinajstić information content (AvgIpc) is 2.39. The first-order chi connectivity index (χ1) is 8.74. The standard InChI is InChI=1S/C14H14BrNO2/c15-8-3-9-16-14(18)12-7-6-10-4-1-2-5-11(10)13(12)17/h1-2,4-7,17H,3,8-9H2,(H,16,18). The summed E-state index contributed by atoms with van der Waals surface area (Å²) < 4.78 is 0. The van der Waals surface area contributed by atoms with Crippen molar-refractivity contribution in [2.75, 3.05) is 11.9 Å². The van der Waals surface area contributed by atoms with Crippen molar-refractivity contribution >= 4 is 32.6 Å². The van der Waals surface area contributed by atoms with Crippen molar-refractivity contribution in [3.63, 3.8) is 0 Å². The van der Waals surface area contributed by atoms with E-state index < -0.39 is 0 Å². The van der Waals surface area contributed by atoms with Crippen LogP contribution < -0.4 is 5.32 Å². The molecule has 0 heterocycles. The van der Waals surface area contributed by atoms with E-state index in [2.05, 4.69) is 21.2 Å². The normalized spacial score (nSPS) is 10.5. The largest absolute Gasteiger partial charge is 0.506 e. The number of benzene rings is 2. The Bertz CT molecular complexity index is 569. The first-order valence-corrected chi connectivity index (χ1v) is 6.91. The van der Waals surface area contributed by atoms with E-state index in [9.17, 15) is 9.90 Å². The average molecular weight is 308 g/mol. The number of halogens is 1. The number of amides is 1. The smallest absolute Gasteiger partial charge is 0.255 e. The number of carbonyl (C=O) groups is 1. The Kier molecular flexibility index (Phi) is 4.20. The third kappa shape index (κ3) is 2.64. The molecule has 2 rings (SSSR count). The van der Waals surface area contributed by atoms with Crippen LogP contribution in [-0.2, 0) is 0 Å². The zero-order chi connectivity index (χ0) is 13.0. The van der Waals surface area contributed by atoms with Gasteiger partial charge in [-0.25, -0.2) is 0 Å². The molecule has 0 aromatic heterocycles. The van der Waals surface area contributed by atoms with Gasteiger partial charge in [0.2, 0.25) is 0 Å². The molecule has 94 valence electrons. The highest BCUT2D eigenvalue weighted by Crippen LogP contribution is 2.28. The quantitative estimate of drug-likeness (QED) is 0.674. The Morgan fingerprint density at radius 1 is 1.22 bits per heavy atom. The van der Waals surface area contributed by atoms with Gasteiger partial charge in [0.25, 0.3) is 5.91 Å². The van der Waals surface area contributed by atoms with Crippen LogP contribution in [0.3, 0.4) is 0 Å². The summed E-state index contributed by atoms with van der Waals surface area (Å²) >= 11 is 3.30. The summed E-state index contributed by atoms with van der Waals surface area (Å²) in [5.41, 5.74) is 0.322. The Balaban J connectivity index is 2.28. The van der Waals surface area contributed by atoms with Gasteiger partial charge in [-0.05, 0) is 17.9 Å². The number of hydrogen-bond acceptors (Lipinski definition) is 2. The second-order valence-corrected chi connectivity index (χ2v) is 4.77. The van der Waals surface area contributed by atoms with Crippen molar-refractivity contribution in [3.8, 4) is 5.75 Å². The number of hydrogen-bond donors (Lipinski definition) is 2. The second kappa shape index (κ2) is 5.87. The van der Waals surface area contributed by atoms with Gasteiger partial charge in [0, 0.05) is 17.3 Å². The van der Waals surface area contributed by atoms with Crippen molar-refractivity contribution < 1.29 is 9.90 Å². The second-order valence-electron chi connectivity index (χ2n) is 3.98. The van der Waals surface area contributed by atoms with Crippen molar-refractivity contribution in [2.24, 2.45) is 0 Å². The molecule has 0 radical (unpaired) electrons. The van der Waals surface area contributed by atoms with Crippen LogP contribution in [0.5, 0.6) is 5.75 Å². The van der Waals surface area contributed by atoms with Crippen molar-refractivity contribution in [3.05, 3.63) is 42.0 Å². The Morgan fingerprint density at radius 2 is 2.00 bits per heavy atom. The molecule has 4 heteroatoms. The number of nitrogens with one attached hydrogen (secondary N) is 1. The highest BCUT2D eigenvalue weighted by molar-refractivity contribution is 9.09. The number of carbonyl (C=O) groups excluding carboxylic acids is 1. The van der Waals surface area contributed by atoms with Crippen LogP contribution in [0, 0.1) is 0 Å². The van der Waals surface area contributed by atoms with Gasteiger partial charge < -0.3 is 10.4 Å². The Hall–Kier alpha value is -1.55. The Morgan fingerprint density at radius 3 is 2.78 bits per heavy atom. The molecule has 0 spiro atoms. The van der Waals surface area contributed by atoms with E-state index in [1.54, 1.807) is 12.1 Å². The fraction of sp³-hybridized carbons (Fsp3) is 0.214. The number of phenolic OH excluding ortho intramolecular Hbond substituents is 1. The summed E-state index contributed by atoms with van der Waals surface area (Å²) in [5, 5.41) is 15.3. The predicted octanol–water partition coefficient (Wildman–Crippen LogP) is 3.06. The number of aromatic hydroxyl groups is 1. The minimum absolute atomic E-state index is 0.0458. The number of phenols is 1.